The number of halogens is 2. The van der Waals surface area contributed by atoms with Crippen LogP contribution in [-0.2, 0) is 6.42 Å². The normalized spacial score (nSPS) is 14.6. The van der Waals surface area contributed by atoms with Gasteiger partial charge < -0.3 is 4.98 Å². The third-order valence-electron chi connectivity index (χ3n) is 3.10. The molecule has 5 heteroatoms. The van der Waals surface area contributed by atoms with Crippen LogP contribution >= 0.6 is 0 Å². The van der Waals surface area contributed by atoms with Crippen LogP contribution in [0.5, 0.6) is 0 Å². The minimum atomic E-state index is -0.629. The van der Waals surface area contributed by atoms with Crippen molar-refractivity contribution < 1.29 is 8.78 Å². The molecule has 3 nitrogen and oxygen atoms in total. The van der Waals surface area contributed by atoms with Crippen LogP contribution < -0.4 is 5.56 Å². The lowest BCUT2D eigenvalue weighted by molar-refractivity contribution is 0.580. The van der Waals surface area contributed by atoms with Gasteiger partial charge in [0, 0.05) is 24.5 Å². The zero-order chi connectivity index (χ0) is 13.4. The molecule has 0 spiro atoms. The summed E-state index contributed by atoms with van der Waals surface area (Å²) in [5.74, 6) is -0.448. The predicted molar refractivity (Wildman–Crippen MR) is 66.0 cm³/mol. The van der Waals surface area contributed by atoms with E-state index in [1.807, 2.05) is 0 Å². The van der Waals surface area contributed by atoms with Crippen LogP contribution in [0.2, 0.25) is 0 Å². The topological polar surface area (TPSA) is 45.8 Å². The van der Waals surface area contributed by atoms with E-state index in [0.717, 1.165) is 24.6 Å². The van der Waals surface area contributed by atoms with Crippen LogP contribution in [0.4, 0.5) is 8.78 Å². The van der Waals surface area contributed by atoms with Gasteiger partial charge in [-0.1, -0.05) is 0 Å². The van der Waals surface area contributed by atoms with E-state index in [0.29, 0.717) is 17.3 Å². The van der Waals surface area contributed by atoms with Gasteiger partial charge in [-0.15, -0.1) is 0 Å². The summed E-state index contributed by atoms with van der Waals surface area (Å²) in [6, 6.07) is 4.80. The van der Waals surface area contributed by atoms with E-state index in [4.69, 9.17) is 0 Å². The Kier molecular flexibility index (Phi) is 2.89. The van der Waals surface area contributed by atoms with Crippen LogP contribution in [0.15, 0.2) is 29.1 Å². The third kappa shape index (κ3) is 2.86. The zero-order valence-electron chi connectivity index (χ0n) is 10.1. The zero-order valence-corrected chi connectivity index (χ0v) is 10.1. The summed E-state index contributed by atoms with van der Waals surface area (Å²) >= 11 is 0. The van der Waals surface area contributed by atoms with Gasteiger partial charge in [0.25, 0.3) is 5.56 Å². The molecule has 0 saturated heterocycles. The lowest BCUT2D eigenvalue weighted by Crippen LogP contribution is -2.12. The molecule has 0 amide bonds. The van der Waals surface area contributed by atoms with Crippen molar-refractivity contribution in [2.45, 2.75) is 25.2 Å². The van der Waals surface area contributed by atoms with Crippen molar-refractivity contribution in [3.05, 3.63) is 63.3 Å². The third-order valence-corrected chi connectivity index (χ3v) is 3.10. The second-order valence-electron chi connectivity index (χ2n) is 4.85. The van der Waals surface area contributed by atoms with Crippen LogP contribution in [0.1, 0.15) is 35.8 Å². The van der Waals surface area contributed by atoms with Gasteiger partial charge in [-0.2, -0.15) is 0 Å². The van der Waals surface area contributed by atoms with Gasteiger partial charge in [0.1, 0.15) is 17.5 Å². The first-order chi connectivity index (χ1) is 9.10. The van der Waals surface area contributed by atoms with Crippen LogP contribution in [0.3, 0.4) is 0 Å². The van der Waals surface area contributed by atoms with Crippen molar-refractivity contribution in [3.63, 3.8) is 0 Å². The van der Waals surface area contributed by atoms with Crippen molar-refractivity contribution >= 4 is 0 Å². The van der Waals surface area contributed by atoms with Gasteiger partial charge >= 0.3 is 0 Å². The molecule has 19 heavy (non-hydrogen) atoms. The number of H-pyrrole nitrogens is 1. The Bertz CT molecular complexity index is 657. The molecule has 2 aromatic rings. The van der Waals surface area contributed by atoms with E-state index in [-0.39, 0.29) is 12.0 Å². The number of rotatable bonds is 3. The van der Waals surface area contributed by atoms with Gasteiger partial charge in [0.15, 0.2) is 0 Å². The molecule has 0 unspecified atom stereocenters. The van der Waals surface area contributed by atoms with Crippen molar-refractivity contribution in [1.29, 1.82) is 0 Å². The van der Waals surface area contributed by atoms with E-state index in [1.165, 1.54) is 18.2 Å². The first kappa shape index (κ1) is 12.0. The van der Waals surface area contributed by atoms with Crippen LogP contribution in [0.25, 0.3) is 0 Å². The summed E-state index contributed by atoms with van der Waals surface area (Å²) in [6.07, 6.45) is 2.31. The Balaban J connectivity index is 1.91. The molecule has 1 fully saturated rings. The number of benzene rings is 1. The van der Waals surface area contributed by atoms with E-state index < -0.39 is 11.6 Å². The quantitative estimate of drug-likeness (QED) is 0.923. The Morgan fingerprint density at radius 2 is 1.84 bits per heavy atom. The standard InChI is InChI=1S/C14H12F2N2O/c15-10-3-8(4-11(16)6-10)5-13-17-12(9-1-2-9)7-14(19)18-13/h3-4,6-7,9H,1-2,5H2,(H,17,18,19). The minimum Gasteiger partial charge on any atom is -0.310 e. The second-order valence-corrected chi connectivity index (χ2v) is 4.85. The maximum Gasteiger partial charge on any atom is 0.251 e. The molecule has 0 atom stereocenters. The molecular weight excluding hydrogens is 250 g/mol. The van der Waals surface area contributed by atoms with Crippen LogP contribution in [0, 0.1) is 11.6 Å². The molecule has 0 aliphatic heterocycles. The van der Waals surface area contributed by atoms with E-state index >= 15 is 0 Å². The molecule has 0 radical (unpaired) electrons. The lowest BCUT2D eigenvalue weighted by atomic mass is 10.1. The fourth-order valence-electron chi connectivity index (χ4n) is 2.11. The Morgan fingerprint density at radius 3 is 2.47 bits per heavy atom. The van der Waals surface area contributed by atoms with Crippen molar-refractivity contribution in [1.82, 2.24) is 9.97 Å². The van der Waals surface area contributed by atoms with Gasteiger partial charge in [-0.3, -0.25) is 4.79 Å². The van der Waals surface area contributed by atoms with E-state index in [1.54, 1.807) is 0 Å². The molecule has 1 aliphatic rings. The number of hydrogen-bond donors (Lipinski definition) is 1. The molecule has 1 aromatic heterocycles. The molecule has 98 valence electrons. The largest absolute Gasteiger partial charge is 0.310 e. The Hall–Kier alpha value is -2.04. The predicted octanol–water partition coefficient (Wildman–Crippen LogP) is 2.52. The van der Waals surface area contributed by atoms with Gasteiger partial charge in [0.05, 0.1) is 5.69 Å². The summed E-state index contributed by atoms with van der Waals surface area (Å²) < 4.78 is 26.2. The van der Waals surface area contributed by atoms with Crippen molar-refractivity contribution in [2.75, 3.05) is 0 Å². The Labute approximate surface area is 108 Å². The van der Waals surface area contributed by atoms with Gasteiger partial charge in [-0.25, -0.2) is 13.8 Å². The van der Waals surface area contributed by atoms with Crippen LogP contribution in [-0.4, -0.2) is 9.97 Å². The molecule has 0 bridgehead atoms. The molecule has 1 heterocycles. The first-order valence-electron chi connectivity index (χ1n) is 6.15. The molecule has 1 aromatic carbocycles. The summed E-state index contributed by atoms with van der Waals surface area (Å²) in [5, 5.41) is 0. The lowest BCUT2D eigenvalue weighted by Gasteiger charge is -2.04. The van der Waals surface area contributed by atoms with Gasteiger partial charge in [-0.05, 0) is 30.5 Å². The average Bonchev–Trinajstić information content (AvgIpc) is 3.09. The summed E-state index contributed by atoms with van der Waals surface area (Å²) in [7, 11) is 0. The molecular formula is C14H12F2N2O. The van der Waals surface area contributed by atoms with Crippen molar-refractivity contribution in [2.24, 2.45) is 0 Å². The monoisotopic (exact) mass is 262 g/mol. The SMILES string of the molecule is O=c1cc(C2CC2)nc(Cc2cc(F)cc(F)c2)[nH]1. The van der Waals surface area contributed by atoms with Crippen molar-refractivity contribution in [3.8, 4) is 0 Å². The summed E-state index contributed by atoms with van der Waals surface area (Å²) in [4.78, 5) is 18.5. The minimum absolute atomic E-state index is 0.213. The highest BCUT2D eigenvalue weighted by molar-refractivity contribution is 5.22. The average molecular weight is 262 g/mol. The number of nitrogens with zero attached hydrogens (tertiary/aromatic N) is 1. The summed E-state index contributed by atoms with van der Waals surface area (Å²) in [6.45, 7) is 0. The number of aromatic amines is 1. The molecule has 1 N–H and O–H groups in total. The fraction of sp³-hybridized carbons (Fsp3) is 0.286. The summed E-state index contributed by atoms with van der Waals surface area (Å²) in [5.41, 5.74) is 1.01. The Morgan fingerprint density at radius 1 is 1.16 bits per heavy atom. The molecule has 1 aliphatic carbocycles. The maximum atomic E-state index is 13.1. The highest BCUT2D eigenvalue weighted by atomic mass is 19.1. The van der Waals surface area contributed by atoms with Gasteiger partial charge in [0.2, 0.25) is 0 Å². The number of aromatic nitrogens is 2. The molecule has 3 rings (SSSR count). The smallest absolute Gasteiger partial charge is 0.251 e. The maximum absolute atomic E-state index is 13.1. The van der Waals surface area contributed by atoms with E-state index in [9.17, 15) is 13.6 Å². The molecule has 1 saturated carbocycles. The highest BCUT2D eigenvalue weighted by Crippen LogP contribution is 2.38. The highest BCUT2D eigenvalue weighted by Gasteiger charge is 2.25. The number of nitrogens with one attached hydrogen (secondary N) is 1. The van der Waals surface area contributed by atoms with E-state index in [2.05, 4.69) is 9.97 Å². The number of hydrogen-bond acceptors (Lipinski definition) is 2. The first-order valence-corrected chi connectivity index (χ1v) is 6.15. The second kappa shape index (κ2) is 4.57. The fourth-order valence-corrected chi connectivity index (χ4v) is 2.11.